The van der Waals surface area contributed by atoms with Crippen molar-refractivity contribution in [2.75, 3.05) is 63.4 Å². The quantitative estimate of drug-likeness (QED) is 0.0487. The third-order valence-corrected chi connectivity index (χ3v) is 14.7. The minimum atomic E-state index is 0.356. The van der Waals surface area contributed by atoms with E-state index < -0.39 is 0 Å². The summed E-state index contributed by atoms with van der Waals surface area (Å²) >= 11 is 0. The van der Waals surface area contributed by atoms with Gasteiger partial charge in [-0.15, -0.1) is 0 Å². The van der Waals surface area contributed by atoms with E-state index in [0.717, 1.165) is 39.0 Å². The van der Waals surface area contributed by atoms with Gasteiger partial charge < -0.3 is 28.9 Å². The van der Waals surface area contributed by atoms with E-state index in [4.69, 9.17) is 54.7 Å². The Morgan fingerprint density at radius 2 is 0.795 bits per heavy atom. The van der Waals surface area contributed by atoms with E-state index in [1.54, 1.807) is 0 Å². The first-order valence-corrected chi connectivity index (χ1v) is 27.3. The molecule has 0 fully saturated rings. The zero-order valence-corrected chi connectivity index (χ0v) is 47.6. The fourth-order valence-corrected chi connectivity index (χ4v) is 10.3. The van der Waals surface area contributed by atoms with Gasteiger partial charge in [0.05, 0.1) is 79.9 Å². The van der Waals surface area contributed by atoms with Crippen molar-refractivity contribution in [2.24, 2.45) is 5.84 Å². The second-order valence-corrected chi connectivity index (χ2v) is 23.3. The number of H-pyrrole nitrogens is 2. The van der Waals surface area contributed by atoms with Crippen LogP contribution in [0, 0.1) is 0 Å². The maximum absolute atomic E-state index is 6.89. The zero-order chi connectivity index (χ0) is 57.4. The summed E-state index contributed by atoms with van der Waals surface area (Å²) in [6, 6.07) is 55.6. The average molecular weight is 1100 g/mol. The summed E-state index contributed by atoms with van der Waals surface area (Å²) in [7, 11) is 19.1. The predicted molar refractivity (Wildman–Crippen MR) is 332 cm³/mol. The first kappa shape index (κ1) is 52.5. The van der Waals surface area contributed by atoms with E-state index in [1.165, 1.54) is 0 Å². The molecular weight excluding hydrogens is 1040 g/mol. The van der Waals surface area contributed by atoms with Gasteiger partial charge in [0, 0.05) is 52.0 Å². The van der Waals surface area contributed by atoms with Crippen LogP contribution >= 0.6 is 0 Å². The molecule has 0 radical (unpaired) electrons. The van der Waals surface area contributed by atoms with Crippen molar-refractivity contribution < 1.29 is 18.9 Å². The molecule has 17 nitrogen and oxygen atoms in total. The summed E-state index contributed by atoms with van der Waals surface area (Å²) in [4.78, 5) is 39.5. The van der Waals surface area contributed by atoms with Gasteiger partial charge in [-0.2, -0.15) is 0 Å². The third-order valence-electron chi connectivity index (χ3n) is 14.7. The van der Waals surface area contributed by atoms with Gasteiger partial charge in [-0.1, -0.05) is 66.7 Å². The predicted octanol–water partition coefficient (Wildman–Crippen LogP) is 13.6. The number of benzene rings is 8. The maximum Gasteiger partial charge on any atom is 0.168 e. The molecule has 412 valence electrons. The first-order valence-electron chi connectivity index (χ1n) is 27.3. The second-order valence-electron chi connectivity index (χ2n) is 23.3. The smallest absolute Gasteiger partial charge is 0.168 e. The molecule has 13 rings (SSSR count). The van der Waals surface area contributed by atoms with Crippen molar-refractivity contribution in [2.45, 2.75) is 6.54 Å². The fourth-order valence-electron chi connectivity index (χ4n) is 10.3. The Balaban J connectivity index is 1.10. The number of hydrogen-bond acceptors (Lipinski definition) is 12. The highest BCUT2D eigenvalue weighted by atomic mass is 16.5. The molecule has 0 atom stereocenters. The van der Waals surface area contributed by atoms with Crippen LogP contribution in [0.5, 0.6) is 46.0 Å². The molecule has 3 aromatic heterocycles. The van der Waals surface area contributed by atoms with Crippen molar-refractivity contribution in [3.05, 3.63) is 175 Å². The average Bonchev–Trinajstić information content (AvgIpc) is 2.88. The number of ether oxygens (including phenoxy) is 4. The summed E-state index contributed by atoms with van der Waals surface area (Å²) < 4.78 is 29.0. The van der Waals surface area contributed by atoms with E-state index in [9.17, 15) is 0 Å². The van der Waals surface area contributed by atoms with Gasteiger partial charge in [0.25, 0.3) is 0 Å². The highest BCUT2D eigenvalue weighted by Gasteiger charge is 2.29. The van der Waals surface area contributed by atoms with Gasteiger partial charge in [-0.05, 0) is 90.5 Å². The van der Waals surface area contributed by atoms with E-state index in [0.29, 0.717) is 139 Å². The summed E-state index contributed by atoms with van der Waals surface area (Å²) in [5.41, 5.74) is 11.6. The highest BCUT2D eigenvalue weighted by Crippen LogP contribution is 2.46. The standard InChI is InChI=1S/C66H62N13O4/c1-77(2,3)40-16-10-19-44(34-40)81-53-25-13-22-49-56(53)64-71-59-48-33-32-47(80-43-30-28-39(29-31-43)38-68-67)37-52(48)63(69-59)76-66-58-51(24-15-27-55(58)83-46-21-12-18-42(36-46)79(7,8)9)62(75-66)74-65-57-50(61(73-65)70-60(49)72-64)23-14-26-54(57)82-45-20-11-17-41(35-45)78(4,5)6/h10-37,68H,38,67H2,1-9H3,(H2,69,70,71,72,73,74,75,76)/q+3. The van der Waals surface area contributed by atoms with Crippen LogP contribution in [0.3, 0.4) is 0 Å². The Kier molecular flexibility index (Phi) is 12.8. The largest absolute Gasteiger partial charge is 0.457 e. The normalized spacial score (nSPS) is 12.3. The Hall–Kier alpha value is -9.88. The van der Waals surface area contributed by atoms with E-state index >= 15 is 0 Å². The Morgan fingerprint density at radius 3 is 1.33 bits per heavy atom. The van der Waals surface area contributed by atoms with Crippen molar-refractivity contribution in [1.29, 1.82) is 0 Å². The van der Waals surface area contributed by atoms with Crippen molar-refractivity contribution in [3.8, 4) is 91.5 Å². The lowest BCUT2D eigenvalue weighted by Crippen LogP contribution is -2.34. The lowest BCUT2D eigenvalue weighted by Gasteiger charge is -2.23. The van der Waals surface area contributed by atoms with Crippen LogP contribution in [-0.2, 0) is 6.54 Å². The van der Waals surface area contributed by atoms with Crippen LogP contribution < -0.4 is 43.7 Å². The number of hydrazine groups is 1. The van der Waals surface area contributed by atoms with Crippen LogP contribution in [0.1, 0.15) is 5.56 Å². The molecular formula is C66H62N13O4+3. The number of rotatable bonds is 13. The van der Waals surface area contributed by atoms with Crippen molar-refractivity contribution in [3.63, 3.8) is 0 Å². The van der Waals surface area contributed by atoms with Crippen LogP contribution in [-0.4, -0.2) is 103 Å². The number of quaternary nitrogens is 3. The Labute approximate surface area is 479 Å². The molecule has 5 heterocycles. The molecule has 0 aliphatic carbocycles. The molecule has 0 saturated carbocycles. The topological polar surface area (TPSA) is 184 Å². The molecule has 17 heteroatoms. The number of fused-ring (bicyclic) bond motifs is 20. The number of aromatic amines is 2. The van der Waals surface area contributed by atoms with Crippen molar-refractivity contribution >= 4 is 61.2 Å². The molecule has 0 amide bonds. The second kappa shape index (κ2) is 20.3. The number of nitrogens with one attached hydrogen (secondary N) is 3. The minimum Gasteiger partial charge on any atom is -0.457 e. The highest BCUT2D eigenvalue weighted by molar-refractivity contribution is 6.09. The van der Waals surface area contributed by atoms with Gasteiger partial charge in [0.2, 0.25) is 0 Å². The molecule has 2 aliphatic heterocycles. The molecule has 0 saturated heterocycles. The number of nitrogens with zero attached hydrogens (tertiary/aromatic N) is 9. The SMILES string of the molecule is C[N+](C)(C)c1cccc(Oc2cccc3c2-c2nc-3nc3[nH]c(nc4nc(nc5[nH]c(n2)c2ccc(Oc6ccc(CNN)cc6)cc52)-c2c(Oc5cccc([N+](C)(C)C)c5)cccc2-4)c2c(Oc4cccc([N+](C)(C)C)c4)cccc32)c1. The van der Waals surface area contributed by atoms with Crippen LogP contribution in [0.4, 0.5) is 17.1 Å². The van der Waals surface area contributed by atoms with Gasteiger partial charge in [-0.25, -0.2) is 29.9 Å². The van der Waals surface area contributed by atoms with Crippen LogP contribution in [0.15, 0.2) is 170 Å². The lowest BCUT2D eigenvalue weighted by molar-refractivity contribution is 0.467. The molecule has 83 heavy (non-hydrogen) atoms. The molecule has 8 aromatic carbocycles. The number of nitrogens with two attached hydrogens (primary N) is 1. The van der Waals surface area contributed by atoms with E-state index in [1.807, 2.05) is 140 Å². The van der Waals surface area contributed by atoms with E-state index in [-0.39, 0.29) is 0 Å². The van der Waals surface area contributed by atoms with Gasteiger partial charge >= 0.3 is 0 Å². The monoisotopic (exact) mass is 1100 g/mol. The summed E-state index contributed by atoms with van der Waals surface area (Å²) in [5, 5.41) is 2.89. The van der Waals surface area contributed by atoms with Crippen LogP contribution in [0.2, 0.25) is 0 Å². The minimum absolute atomic E-state index is 0.356. The molecule has 0 spiro atoms. The molecule has 11 aromatic rings. The summed E-state index contributed by atoms with van der Waals surface area (Å²) in [5.74, 6) is 12.0. The summed E-state index contributed by atoms with van der Waals surface area (Å²) in [6.45, 7) is 0.520. The Morgan fingerprint density at radius 1 is 0.373 bits per heavy atom. The molecule has 2 aliphatic rings. The Bertz CT molecular complexity index is 4550. The number of aromatic nitrogens is 8. The summed E-state index contributed by atoms with van der Waals surface area (Å²) in [6.07, 6.45) is 0. The van der Waals surface area contributed by atoms with Gasteiger partial charge in [-0.3, -0.25) is 24.7 Å². The molecule has 5 N–H and O–H groups in total. The molecule has 8 bridgehead atoms. The van der Waals surface area contributed by atoms with Crippen molar-refractivity contribution in [1.82, 2.24) is 58.7 Å². The third kappa shape index (κ3) is 10.2. The van der Waals surface area contributed by atoms with Crippen LogP contribution in [0.25, 0.3) is 89.7 Å². The fraction of sp³-hybridized carbons (Fsp3) is 0.152. The van der Waals surface area contributed by atoms with Gasteiger partial charge in [0.15, 0.2) is 23.3 Å². The maximum atomic E-state index is 6.89. The first-order chi connectivity index (χ1) is 39.9. The zero-order valence-electron chi connectivity index (χ0n) is 47.6. The van der Waals surface area contributed by atoms with E-state index in [2.05, 4.69) is 109 Å². The van der Waals surface area contributed by atoms with Gasteiger partial charge in [0.1, 0.15) is 85.6 Å². The lowest BCUT2D eigenvalue weighted by atomic mass is 10.1. The number of hydrogen-bond donors (Lipinski definition) is 4. The molecule has 0 unspecified atom stereocenters.